The van der Waals surface area contributed by atoms with Crippen molar-refractivity contribution in [2.45, 2.75) is 35.6 Å². The van der Waals surface area contributed by atoms with E-state index in [0.29, 0.717) is 18.2 Å². The van der Waals surface area contributed by atoms with Gasteiger partial charge >= 0.3 is 0 Å². The molecule has 5 atom stereocenters. The number of aliphatic hydroxyl groups is 3. The van der Waals surface area contributed by atoms with Crippen molar-refractivity contribution in [3.05, 3.63) is 60.2 Å². The zero-order valence-corrected chi connectivity index (χ0v) is 15.6. The standard InChI is InChI=1S/C18H18F2O8S/c19-10-6-11(20)8-13(7-10)29(24,25)28-17-16(23)15(22)14(9-21)27-18(17)26-12-4-2-1-3-5-12/h1-8,14-18,21-23H,9H2/t14-,15-,16+,17-,18+/m1/s1. The Balaban J connectivity index is 1.91. The Morgan fingerprint density at radius 3 is 2.21 bits per heavy atom. The summed E-state index contributed by atoms with van der Waals surface area (Å²) in [6.07, 6.45) is -8.22. The zero-order valence-electron chi connectivity index (χ0n) is 14.8. The maximum Gasteiger partial charge on any atom is 0.297 e. The van der Waals surface area contributed by atoms with Crippen LogP contribution in [0.1, 0.15) is 0 Å². The van der Waals surface area contributed by atoms with Crippen molar-refractivity contribution < 1.29 is 46.2 Å². The second-order valence-electron chi connectivity index (χ2n) is 6.26. The molecule has 0 spiro atoms. The quantitative estimate of drug-likeness (QED) is 0.566. The summed E-state index contributed by atoms with van der Waals surface area (Å²) in [4.78, 5) is -0.834. The van der Waals surface area contributed by atoms with Crippen LogP contribution in [-0.2, 0) is 19.0 Å². The molecule has 0 unspecified atom stereocenters. The van der Waals surface area contributed by atoms with E-state index in [0.717, 1.165) is 0 Å². The van der Waals surface area contributed by atoms with Crippen molar-refractivity contribution in [3.63, 3.8) is 0 Å². The molecule has 158 valence electrons. The highest BCUT2D eigenvalue weighted by atomic mass is 32.2. The Labute approximate surface area is 165 Å². The summed E-state index contributed by atoms with van der Waals surface area (Å²) in [6, 6.07) is 9.52. The molecule has 8 nitrogen and oxygen atoms in total. The minimum absolute atomic E-state index is 0.223. The molecule has 3 rings (SSSR count). The molecule has 1 heterocycles. The molecule has 0 amide bonds. The fourth-order valence-electron chi connectivity index (χ4n) is 2.76. The van der Waals surface area contributed by atoms with E-state index < -0.39 is 64.0 Å². The van der Waals surface area contributed by atoms with Gasteiger partial charge in [-0.2, -0.15) is 8.42 Å². The molecule has 0 saturated carbocycles. The molecule has 0 aromatic heterocycles. The molecule has 1 saturated heterocycles. The van der Waals surface area contributed by atoms with E-state index in [9.17, 15) is 32.5 Å². The number of hydrogen-bond acceptors (Lipinski definition) is 8. The van der Waals surface area contributed by atoms with Crippen LogP contribution in [0.4, 0.5) is 8.78 Å². The molecule has 1 aliphatic heterocycles. The van der Waals surface area contributed by atoms with Crippen molar-refractivity contribution in [2.75, 3.05) is 6.61 Å². The fourth-order valence-corrected chi connectivity index (χ4v) is 3.88. The Morgan fingerprint density at radius 1 is 1.00 bits per heavy atom. The molecule has 0 radical (unpaired) electrons. The van der Waals surface area contributed by atoms with Crippen LogP contribution in [0.25, 0.3) is 0 Å². The van der Waals surface area contributed by atoms with E-state index in [1.165, 1.54) is 12.1 Å². The number of para-hydroxylation sites is 1. The van der Waals surface area contributed by atoms with E-state index in [1.54, 1.807) is 18.2 Å². The molecule has 1 aliphatic rings. The molecular weight excluding hydrogens is 414 g/mol. The van der Waals surface area contributed by atoms with Crippen LogP contribution < -0.4 is 4.74 Å². The number of rotatable bonds is 6. The van der Waals surface area contributed by atoms with Crippen molar-refractivity contribution in [2.24, 2.45) is 0 Å². The fraction of sp³-hybridized carbons (Fsp3) is 0.333. The molecule has 0 bridgehead atoms. The highest BCUT2D eigenvalue weighted by Crippen LogP contribution is 2.29. The summed E-state index contributed by atoms with van der Waals surface area (Å²) in [6.45, 7) is -0.693. The molecule has 0 aliphatic carbocycles. The monoisotopic (exact) mass is 432 g/mol. The first-order valence-electron chi connectivity index (χ1n) is 8.45. The second-order valence-corrected chi connectivity index (χ2v) is 7.83. The maximum absolute atomic E-state index is 13.4. The topological polar surface area (TPSA) is 123 Å². The van der Waals surface area contributed by atoms with Crippen LogP contribution >= 0.6 is 0 Å². The normalized spacial score (nSPS) is 27.6. The van der Waals surface area contributed by atoms with E-state index in [4.69, 9.17) is 13.7 Å². The predicted molar refractivity (Wildman–Crippen MR) is 93.2 cm³/mol. The van der Waals surface area contributed by atoms with E-state index in [2.05, 4.69) is 0 Å². The van der Waals surface area contributed by atoms with Crippen LogP contribution in [0.3, 0.4) is 0 Å². The van der Waals surface area contributed by atoms with Crippen molar-refractivity contribution in [3.8, 4) is 5.75 Å². The van der Waals surface area contributed by atoms with E-state index >= 15 is 0 Å². The Hall–Kier alpha value is -2.15. The van der Waals surface area contributed by atoms with Gasteiger partial charge in [-0.3, -0.25) is 4.18 Å². The van der Waals surface area contributed by atoms with Crippen molar-refractivity contribution >= 4 is 10.1 Å². The zero-order chi connectivity index (χ0) is 21.2. The largest absolute Gasteiger partial charge is 0.462 e. The van der Waals surface area contributed by atoms with Gasteiger partial charge in [0.25, 0.3) is 10.1 Å². The van der Waals surface area contributed by atoms with Gasteiger partial charge in [0.1, 0.15) is 35.7 Å². The minimum Gasteiger partial charge on any atom is -0.462 e. The molecule has 1 fully saturated rings. The average molecular weight is 432 g/mol. The summed E-state index contributed by atoms with van der Waals surface area (Å²) >= 11 is 0. The number of ether oxygens (including phenoxy) is 2. The number of hydrogen-bond donors (Lipinski definition) is 3. The summed E-state index contributed by atoms with van der Waals surface area (Å²) in [5.41, 5.74) is 0. The van der Waals surface area contributed by atoms with Gasteiger partial charge < -0.3 is 24.8 Å². The first-order chi connectivity index (χ1) is 13.7. The SMILES string of the molecule is O=S(=O)(O[C@H]1[C@@H](Oc2ccccc2)O[C@H](CO)[C@@H](O)[C@@H]1O)c1cc(F)cc(F)c1. The predicted octanol–water partition coefficient (Wildman–Crippen LogP) is 0.557. The molecule has 29 heavy (non-hydrogen) atoms. The Kier molecular flexibility index (Phi) is 6.46. The highest BCUT2D eigenvalue weighted by molar-refractivity contribution is 7.86. The smallest absolute Gasteiger partial charge is 0.297 e. The van der Waals surface area contributed by atoms with Gasteiger partial charge in [-0.05, 0) is 24.3 Å². The molecule has 3 N–H and O–H groups in total. The van der Waals surface area contributed by atoms with Crippen LogP contribution in [0.15, 0.2) is 53.4 Å². The maximum atomic E-state index is 13.4. The molecule has 2 aromatic rings. The van der Waals surface area contributed by atoms with E-state index in [1.807, 2.05) is 0 Å². The highest BCUT2D eigenvalue weighted by Gasteiger charge is 2.48. The number of aliphatic hydroxyl groups excluding tert-OH is 3. The average Bonchev–Trinajstić information content (AvgIpc) is 2.67. The first-order valence-corrected chi connectivity index (χ1v) is 9.85. The second kappa shape index (κ2) is 8.69. The molecular formula is C18H18F2O8S. The van der Waals surface area contributed by atoms with E-state index in [-0.39, 0.29) is 5.75 Å². The van der Waals surface area contributed by atoms with Gasteiger partial charge in [-0.25, -0.2) is 8.78 Å². The van der Waals surface area contributed by atoms with Crippen LogP contribution in [-0.4, -0.2) is 61.1 Å². The molecule has 2 aromatic carbocycles. The van der Waals surface area contributed by atoms with Crippen LogP contribution in [0.2, 0.25) is 0 Å². The van der Waals surface area contributed by atoms with Gasteiger partial charge in [0.2, 0.25) is 6.29 Å². The van der Waals surface area contributed by atoms with Gasteiger partial charge in [0.05, 0.1) is 11.5 Å². The van der Waals surface area contributed by atoms with Crippen molar-refractivity contribution in [1.82, 2.24) is 0 Å². The summed E-state index contributed by atoms with van der Waals surface area (Å²) < 4.78 is 67.6. The van der Waals surface area contributed by atoms with Crippen LogP contribution in [0.5, 0.6) is 5.75 Å². The lowest BCUT2D eigenvalue weighted by atomic mass is 9.99. The lowest BCUT2D eigenvalue weighted by molar-refractivity contribution is -0.270. The lowest BCUT2D eigenvalue weighted by Gasteiger charge is -2.41. The van der Waals surface area contributed by atoms with Gasteiger partial charge in [-0.1, -0.05) is 18.2 Å². The summed E-state index contributed by atoms with van der Waals surface area (Å²) in [7, 11) is -4.78. The Morgan fingerprint density at radius 2 is 1.62 bits per heavy atom. The van der Waals surface area contributed by atoms with Gasteiger partial charge in [0.15, 0.2) is 6.10 Å². The molecule has 11 heteroatoms. The number of halogens is 2. The van der Waals surface area contributed by atoms with Crippen molar-refractivity contribution in [1.29, 1.82) is 0 Å². The third-order valence-electron chi connectivity index (χ3n) is 4.18. The van der Waals surface area contributed by atoms with Gasteiger partial charge in [0, 0.05) is 6.07 Å². The lowest BCUT2D eigenvalue weighted by Crippen LogP contribution is -2.61. The summed E-state index contributed by atoms with van der Waals surface area (Å²) in [5, 5.41) is 29.7. The van der Waals surface area contributed by atoms with Gasteiger partial charge in [-0.15, -0.1) is 0 Å². The first kappa shape index (κ1) is 21.6. The third-order valence-corrected chi connectivity index (χ3v) is 5.47. The summed E-state index contributed by atoms with van der Waals surface area (Å²) in [5.74, 6) is -2.07. The minimum atomic E-state index is -4.78. The Bertz CT molecular complexity index is 920. The van der Waals surface area contributed by atoms with Crippen LogP contribution in [0, 0.1) is 11.6 Å². The number of benzene rings is 2. The third kappa shape index (κ3) is 4.89.